The van der Waals surface area contributed by atoms with E-state index < -0.39 is 0 Å². The highest BCUT2D eigenvalue weighted by Gasteiger charge is 2.32. The summed E-state index contributed by atoms with van der Waals surface area (Å²) >= 11 is 0. The molecule has 2 N–H and O–H groups in total. The van der Waals surface area contributed by atoms with Crippen LogP contribution in [-0.2, 0) is 6.54 Å². The lowest BCUT2D eigenvalue weighted by Gasteiger charge is -2.34. The molecular formula is C30H36N4O. The summed E-state index contributed by atoms with van der Waals surface area (Å²) in [6.07, 6.45) is 0.735. The van der Waals surface area contributed by atoms with Crippen molar-refractivity contribution in [2.24, 2.45) is 11.7 Å². The molecule has 0 saturated heterocycles. The number of rotatable bonds is 9. The van der Waals surface area contributed by atoms with Gasteiger partial charge >= 0.3 is 0 Å². The van der Waals surface area contributed by atoms with Crippen LogP contribution in [-0.4, -0.2) is 33.4 Å². The van der Waals surface area contributed by atoms with Gasteiger partial charge in [-0.05, 0) is 68.1 Å². The Labute approximate surface area is 208 Å². The maximum atomic E-state index is 13.9. The van der Waals surface area contributed by atoms with Gasteiger partial charge in [-0.25, -0.2) is 4.98 Å². The molecule has 182 valence electrons. The van der Waals surface area contributed by atoms with Crippen molar-refractivity contribution in [2.45, 2.75) is 46.7 Å². The molecule has 1 amide bonds. The van der Waals surface area contributed by atoms with Gasteiger partial charge in [-0.15, -0.1) is 0 Å². The Kier molecular flexibility index (Phi) is 7.67. The standard InChI is InChI=1S/C30H36N4O/c1-21(2)28(33(18-8-17-31)30(35)25-14-11-22(3)12-15-25)29-32-26-16-13-23(4)19-27(26)34(29)20-24-9-6-5-7-10-24/h5-7,9-16,19,21,28H,8,17-18,20,31H2,1-4H3. The second-order valence-electron chi connectivity index (χ2n) is 9.73. The fourth-order valence-corrected chi connectivity index (χ4v) is 4.70. The molecule has 0 spiro atoms. The summed E-state index contributed by atoms with van der Waals surface area (Å²) in [5, 5.41) is 0. The van der Waals surface area contributed by atoms with Crippen LogP contribution in [0, 0.1) is 19.8 Å². The third kappa shape index (κ3) is 5.46. The quantitative estimate of drug-likeness (QED) is 0.333. The molecule has 3 aromatic carbocycles. The monoisotopic (exact) mass is 468 g/mol. The Hall–Kier alpha value is -3.44. The van der Waals surface area contributed by atoms with Gasteiger partial charge in [0.1, 0.15) is 5.82 Å². The molecule has 5 nitrogen and oxygen atoms in total. The SMILES string of the molecule is Cc1ccc(C(=O)N(CCCN)C(c2nc3ccc(C)cc3n2Cc2ccccc2)C(C)C)cc1. The summed E-state index contributed by atoms with van der Waals surface area (Å²) in [5.41, 5.74) is 12.2. The van der Waals surface area contributed by atoms with E-state index in [-0.39, 0.29) is 17.9 Å². The first-order valence-corrected chi connectivity index (χ1v) is 12.5. The number of hydrogen-bond donors (Lipinski definition) is 1. The number of fused-ring (bicyclic) bond motifs is 1. The maximum Gasteiger partial charge on any atom is 0.254 e. The normalized spacial score (nSPS) is 12.3. The largest absolute Gasteiger partial charge is 0.330 e. The number of carbonyl (C=O) groups excluding carboxylic acids is 1. The minimum Gasteiger partial charge on any atom is -0.330 e. The molecule has 5 heteroatoms. The van der Waals surface area contributed by atoms with Crippen LogP contribution >= 0.6 is 0 Å². The van der Waals surface area contributed by atoms with E-state index in [4.69, 9.17) is 10.7 Å². The van der Waals surface area contributed by atoms with Crippen molar-refractivity contribution < 1.29 is 4.79 Å². The van der Waals surface area contributed by atoms with Crippen LogP contribution in [0.2, 0.25) is 0 Å². The van der Waals surface area contributed by atoms with Crippen molar-refractivity contribution in [1.82, 2.24) is 14.5 Å². The molecule has 4 aromatic rings. The maximum absolute atomic E-state index is 13.9. The first-order valence-electron chi connectivity index (χ1n) is 12.5. The molecule has 0 radical (unpaired) electrons. The molecule has 0 aliphatic rings. The first kappa shape index (κ1) is 24.7. The van der Waals surface area contributed by atoms with E-state index in [0.717, 1.165) is 28.8 Å². The van der Waals surface area contributed by atoms with Gasteiger partial charge in [-0.2, -0.15) is 0 Å². The number of carbonyl (C=O) groups is 1. The highest BCUT2D eigenvalue weighted by molar-refractivity contribution is 5.94. The Bertz CT molecular complexity index is 1280. The van der Waals surface area contributed by atoms with Crippen molar-refractivity contribution in [1.29, 1.82) is 0 Å². The molecule has 35 heavy (non-hydrogen) atoms. The van der Waals surface area contributed by atoms with E-state index in [1.54, 1.807) is 0 Å². The van der Waals surface area contributed by atoms with Crippen LogP contribution < -0.4 is 5.73 Å². The molecule has 1 unspecified atom stereocenters. The third-order valence-corrected chi connectivity index (χ3v) is 6.51. The number of hydrogen-bond acceptors (Lipinski definition) is 3. The molecule has 1 heterocycles. The van der Waals surface area contributed by atoms with Crippen LogP contribution in [0.25, 0.3) is 11.0 Å². The summed E-state index contributed by atoms with van der Waals surface area (Å²) in [6, 6.07) is 24.4. The fourth-order valence-electron chi connectivity index (χ4n) is 4.70. The number of nitrogens with two attached hydrogens (primary N) is 1. The summed E-state index contributed by atoms with van der Waals surface area (Å²) in [6.45, 7) is 10.3. The summed E-state index contributed by atoms with van der Waals surface area (Å²) in [7, 11) is 0. The highest BCUT2D eigenvalue weighted by Crippen LogP contribution is 2.33. The Morgan fingerprint density at radius 1 is 0.971 bits per heavy atom. The lowest BCUT2D eigenvalue weighted by molar-refractivity contribution is 0.0605. The van der Waals surface area contributed by atoms with E-state index in [9.17, 15) is 4.79 Å². The van der Waals surface area contributed by atoms with E-state index in [2.05, 4.69) is 67.8 Å². The molecule has 0 fully saturated rings. The summed E-state index contributed by atoms with van der Waals surface area (Å²) in [5.74, 6) is 1.10. The Morgan fingerprint density at radius 2 is 1.66 bits per heavy atom. The van der Waals surface area contributed by atoms with E-state index in [1.807, 2.05) is 42.2 Å². The van der Waals surface area contributed by atoms with Gasteiger partial charge in [-0.1, -0.05) is 67.9 Å². The second kappa shape index (κ2) is 10.9. The van der Waals surface area contributed by atoms with Crippen molar-refractivity contribution >= 4 is 16.9 Å². The van der Waals surface area contributed by atoms with Gasteiger partial charge in [0.2, 0.25) is 0 Å². The number of benzene rings is 3. The predicted molar refractivity (Wildman–Crippen MR) is 143 cm³/mol. The smallest absolute Gasteiger partial charge is 0.254 e. The molecule has 1 aromatic heterocycles. The van der Waals surface area contributed by atoms with Crippen molar-refractivity contribution in [3.63, 3.8) is 0 Å². The first-order chi connectivity index (χ1) is 16.9. The molecule has 0 bridgehead atoms. The molecule has 0 aliphatic heterocycles. The molecule has 0 aliphatic carbocycles. The number of nitrogens with zero attached hydrogens (tertiary/aromatic N) is 3. The zero-order valence-electron chi connectivity index (χ0n) is 21.2. The van der Waals surface area contributed by atoms with Gasteiger partial charge in [-0.3, -0.25) is 4.79 Å². The minimum atomic E-state index is -0.188. The molecule has 0 saturated carbocycles. The Balaban J connectivity index is 1.86. The molecule has 1 atom stereocenters. The second-order valence-corrected chi connectivity index (χ2v) is 9.73. The van der Waals surface area contributed by atoms with Crippen LogP contribution in [0.15, 0.2) is 72.8 Å². The lowest BCUT2D eigenvalue weighted by atomic mass is 9.99. The van der Waals surface area contributed by atoms with Crippen molar-refractivity contribution in [3.05, 3.63) is 101 Å². The van der Waals surface area contributed by atoms with Gasteiger partial charge in [0.15, 0.2) is 0 Å². The zero-order valence-corrected chi connectivity index (χ0v) is 21.2. The average molecular weight is 469 g/mol. The van der Waals surface area contributed by atoms with E-state index >= 15 is 0 Å². The topological polar surface area (TPSA) is 64.2 Å². The van der Waals surface area contributed by atoms with Gasteiger partial charge < -0.3 is 15.2 Å². The Morgan fingerprint density at radius 3 is 2.31 bits per heavy atom. The van der Waals surface area contributed by atoms with Gasteiger partial charge in [0.05, 0.1) is 17.1 Å². The van der Waals surface area contributed by atoms with Crippen molar-refractivity contribution in [3.8, 4) is 0 Å². The number of amides is 1. The molecule has 4 rings (SSSR count). The predicted octanol–water partition coefficient (Wildman–Crippen LogP) is 5.89. The summed E-state index contributed by atoms with van der Waals surface area (Å²) < 4.78 is 2.29. The number of aryl methyl sites for hydroxylation is 2. The summed E-state index contributed by atoms with van der Waals surface area (Å²) in [4.78, 5) is 21.0. The minimum absolute atomic E-state index is 0.0200. The highest BCUT2D eigenvalue weighted by atomic mass is 16.2. The van der Waals surface area contributed by atoms with E-state index in [1.165, 1.54) is 11.1 Å². The third-order valence-electron chi connectivity index (χ3n) is 6.51. The van der Waals surface area contributed by atoms with Crippen LogP contribution in [0.5, 0.6) is 0 Å². The zero-order chi connectivity index (χ0) is 24.9. The number of aromatic nitrogens is 2. The fraction of sp³-hybridized carbons (Fsp3) is 0.333. The number of imidazole rings is 1. The average Bonchev–Trinajstić information content (AvgIpc) is 3.18. The molecular weight excluding hydrogens is 432 g/mol. The van der Waals surface area contributed by atoms with Gasteiger partial charge in [0.25, 0.3) is 5.91 Å². The van der Waals surface area contributed by atoms with E-state index in [0.29, 0.717) is 25.2 Å². The van der Waals surface area contributed by atoms with Gasteiger partial charge in [0, 0.05) is 18.7 Å². The van der Waals surface area contributed by atoms with Crippen LogP contribution in [0.1, 0.15) is 59.2 Å². The van der Waals surface area contributed by atoms with Crippen LogP contribution in [0.4, 0.5) is 0 Å². The van der Waals surface area contributed by atoms with Crippen molar-refractivity contribution in [2.75, 3.05) is 13.1 Å². The lowest BCUT2D eigenvalue weighted by Crippen LogP contribution is -2.40. The van der Waals surface area contributed by atoms with Crippen LogP contribution in [0.3, 0.4) is 0 Å².